The van der Waals surface area contributed by atoms with E-state index in [0.29, 0.717) is 0 Å². The van der Waals surface area contributed by atoms with Crippen LogP contribution in [0.25, 0.3) is 10.6 Å². The van der Waals surface area contributed by atoms with Gasteiger partial charge in [-0.25, -0.2) is 4.98 Å². The second kappa shape index (κ2) is 5.94. The van der Waals surface area contributed by atoms with Crippen LogP contribution in [0.3, 0.4) is 0 Å². The zero-order valence-electron chi connectivity index (χ0n) is 12.6. The largest absolute Gasteiger partial charge is 0.496 e. The van der Waals surface area contributed by atoms with Crippen LogP contribution in [0.4, 0.5) is 0 Å². The summed E-state index contributed by atoms with van der Waals surface area (Å²) in [5, 5.41) is 0.986. The van der Waals surface area contributed by atoms with Crippen LogP contribution >= 0.6 is 11.3 Å². The smallest absolute Gasteiger partial charge is 0.129 e. The lowest BCUT2D eigenvalue weighted by Gasteiger charge is -2.17. The molecule has 0 aliphatic carbocycles. The number of hydrogen-bond donors (Lipinski definition) is 1. The molecule has 0 bridgehead atoms. The Morgan fingerprint density at radius 2 is 2.00 bits per heavy atom. The molecule has 0 fully saturated rings. The second-order valence-corrected chi connectivity index (χ2v) is 6.47. The lowest BCUT2D eigenvalue weighted by atomic mass is 10.0. The van der Waals surface area contributed by atoms with Gasteiger partial charge in [0.25, 0.3) is 0 Å². The number of aryl methyl sites for hydroxylation is 1. The van der Waals surface area contributed by atoms with Crippen LogP contribution in [-0.4, -0.2) is 12.1 Å². The number of hydrogen-bond acceptors (Lipinski definition) is 4. The average molecular weight is 290 g/mol. The van der Waals surface area contributed by atoms with Gasteiger partial charge in [0.05, 0.1) is 18.4 Å². The molecule has 0 radical (unpaired) electrons. The number of thiazole rings is 1. The van der Waals surface area contributed by atoms with E-state index in [1.807, 2.05) is 38.1 Å². The molecule has 2 rings (SSSR count). The number of para-hydroxylation sites is 1. The molecule has 0 aliphatic heterocycles. The number of benzene rings is 1. The van der Waals surface area contributed by atoms with Crippen molar-refractivity contribution >= 4 is 11.3 Å². The number of methoxy groups -OCH3 is 1. The summed E-state index contributed by atoms with van der Waals surface area (Å²) >= 11 is 1.67. The van der Waals surface area contributed by atoms with Gasteiger partial charge >= 0.3 is 0 Å². The fourth-order valence-corrected chi connectivity index (χ4v) is 3.35. The van der Waals surface area contributed by atoms with Crippen molar-refractivity contribution in [3.8, 4) is 16.3 Å². The van der Waals surface area contributed by atoms with Crippen LogP contribution in [-0.2, 0) is 12.0 Å². The predicted molar refractivity (Wildman–Crippen MR) is 85.3 cm³/mol. The Bertz CT molecular complexity index is 584. The fraction of sp³-hybridized carbons (Fsp3) is 0.438. The topological polar surface area (TPSA) is 48.1 Å². The lowest BCUT2D eigenvalue weighted by Crippen LogP contribution is -2.28. The van der Waals surface area contributed by atoms with Crippen LogP contribution in [0, 0.1) is 0 Å². The van der Waals surface area contributed by atoms with Crippen LogP contribution in [0.15, 0.2) is 24.3 Å². The van der Waals surface area contributed by atoms with E-state index in [4.69, 9.17) is 15.5 Å². The highest BCUT2D eigenvalue weighted by Gasteiger charge is 2.24. The number of nitrogens with two attached hydrogens (primary N) is 1. The monoisotopic (exact) mass is 290 g/mol. The maximum atomic E-state index is 6.29. The summed E-state index contributed by atoms with van der Waals surface area (Å²) in [6.07, 6.45) is 2.03. The van der Waals surface area contributed by atoms with E-state index in [1.54, 1.807) is 18.4 Å². The van der Waals surface area contributed by atoms with Crippen molar-refractivity contribution in [2.75, 3.05) is 7.11 Å². The molecule has 1 heterocycles. The van der Waals surface area contributed by atoms with Gasteiger partial charge < -0.3 is 10.5 Å². The molecule has 1 aromatic carbocycles. The summed E-state index contributed by atoms with van der Waals surface area (Å²) in [4.78, 5) is 5.97. The third-order valence-corrected chi connectivity index (χ3v) is 4.58. The van der Waals surface area contributed by atoms with Crippen molar-refractivity contribution in [2.24, 2.45) is 5.73 Å². The van der Waals surface area contributed by atoms with Gasteiger partial charge in [-0.05, 0) is 32.4 Å². The van der Waals surface area contributed by atoms with Gasteiger partial charge in [-0.2, -0.15) is 0 Å². The molecule has 0 aliphatic rings. The van der Waals surface area contributed by atoms with Gasteiger partial charge in [0.1, 0.15) is 10.8 Å². The van der Waals surface area contributed by atoms with Crippen molar-refractivity contribution in [3.05, 3.63) is 34.8 Å². The first-order valence-electron chi connectivity index (χ1n) is 6.89. The zero-order chi connectivity index (χ0) is 14.8. The quantitative estimate of drug-likeness (QED) is 0.906. The van der Waals surface area contributed by atoms with Gasteiger partial charge in [0.15, 0.2) is 0 Å². The SMILES string of the molecule is CCCc1nc(-c2ccccc2OC)sc1C(C)(C)N. The highest BCUT2D eigenvalue weighted by molar-refractivity contribution is 7.15. The first kappa shape index (κ1) is 15.0. The predicted octanol–water partition coefficient (Wildman–Crippen LogP) is 3.97. The zero-order valence-corrected chi connectivity index (χ0v) is 13.4. The molecule has 108 valence electrons. The van der Waals surface area contributed by atoms with Crippen molar-refractivity contribution in [1.29, 1.82) is 0 Å². The van der Waals surface area contributed by atoms with E-state index in [0.717, 1.165) is 34.9 Å². The fourth-order valence-electron chi connectivity index (χ4n) is 2.20. The van der Waals surface area contributed by atoms with Crippen molar-refractivity contribution < 1.29 is 4.74 Å². The van der Waals surface area contributed by atoms with Gasteiger partial charge in [0.2, 0.25) is 0 Å². The minimum absolute atomic E-state index is 0.359. The summed E-state index contributed by atoms with van der Waals surface area (Å²) in [6, 6.07) is 7.98. The van der Waals surface area contributed by atoms with E-state index in [-0.39, 0.29) is 5.54 Å². The third-order valence-electron chi connectivity index (χ3n) is 3.11. The van der Waals surface area contributed by atoms with Gasteiger partial charge in [0, 0.05) is 10.4 Å². The highest BCUT2D eigenvalue weighted by Crippen LogP contribution is 2.37. The molecule has 0 atom stereocenters. The highest BCUT2D eigenvalue weighted by atomic mass is 32.1. The van der Waals surface area contributed by atoms with Crippen LogP contribution in [0.2, 0.25) is 0 Å². The van der Waals surface area contributed by atoms with Crippen LogP contribution in [0.5, 0.6) is 5.75 Å². The minimum Gasteiger partial charge on any atom is -0.496 e. The molecule has 3 nitrogen and oxygen atoms in total. The second-order valence-electron chi connectivity index (χ2n) is 5.47. The maximum absolute atomic E-state index is 6.29. The molecule has 20 heavy (non-hydrogen) atoms. The van der Waals surface area contributed by atoms with Crippen molar-refractivity contribution in [3.63, 3.8) is 0 Å². The van der Waals surface area contributed by atoms with Crippen molar-refractivity contribution in [2.45, 2.75) is 39.2 Å². The average Bonchev–Trinajstić information content (AvgIpc) is 2.83. The van der Waals surface area contributed by atoms with Crippen LogP contribution < -0.4 is 10.5 Å². The van der Waals surface area contributed by atoms with E-state index in [2.05, 4.69) is 6.92 Å². The molecular formula is C16H22N2OS. The van der Waals surface area contributed by atoms with E-state index >= 15 is 0 Å². The summed E-state index contributed by atoms with van der Waals surface area (Å²) in [5.74, 6) is 0.852. The number of ether oxygens (including phenoxy) is 1. The lowest BCUT2D eigenvalue weighted by molar-refractivity contribution is 0.416. The Labute approximate surface area is 124 Å². The minimum atomic E-state index is -0.359. The summed E-state index contributed by atoms with van der Waals surface area (Å²) in [6.45, 7) is 6.23. The Morgan fingerprint density at radius 3 is 2.60 bits per heavy atom. The maximum Gasteiger partial charge on any atom is 0.129 e. The number of rotatable bonds is 5. The molecule has 0 amide bonds. The third kappa shape index (κ3) is 3.02. The van der Waals surface area contributed by atoms with Crippen LogP contribution in [0.1, 0.15) is 37.8 Å². The van der Waals surface area contributed by atoms with Gasteiger partial charge in [-0.15, -0.1) is 11.3 Å². The molecular weight excluding hydrogens is 268 g/mol. The summed E-state index contributed by atoms with van der Waals surface area (Å²) < 4.78 is 5.43. The Hall–Kier alpha value is -1.39. The Morgan fingerprint density at radius 1 is 1.30 bits per heavy atom. The van der Waals surface area contributed by atoms with E-state index < -0.39 is 0 Å². The molecule has 2 N–H and O–H groups in total. The first-order chi connectivity index (χ1) is 9.47. The molecule has 0 saturated carbocycles. The standard InChI is InChI=1S/C16H22N2OS/c1-5-8-12-14(16(2,3)17)20-15(18-12)11-9-6-7-10-13(11)19-4/h6-7,9-10H,5,8,17H2,1-4H3. The van der Waals surface area contributed by atoms with E-state index in [9.17, 15) is 0 Å². The number of nitrogens with zero attached hydrogens (tertiary/aromatic N) is 1. The molecule has 0 unspecified atom stereocenters. The van der Waals surface area contributed by atoms with E-state index in [1.165, 1.54) is 4.88 Å². The first-order valence-corrected chi connectivity index (χ1v) is 7.71. The number of aromatic nitrogens is 1. The molecule has 1 aromatic heterocycles. The summed E-state index contributed by atoms with van der Waals surface area (Å²) in [5.41, 5.74) is 8.08. The normalized spacial score (nSPS) is 11.7. The Kier molecular flexibility index (Phi) is 4.45. The molecule has 0 spiro atoms. The molecule has 2 aromatic rings. The van der Waals surface area contributed by atoms with Gasteiger partial charge in [-0.1, -0.05) is 25.5 Å². The van der Waals surface area contributed by atoms with Crippen molar-refractivity contribution in [1.82, 2.24) is 4.98 Å². The van der Waals surface area contributed by atoms with Gasteiger partial charge in [-0.3, -0.25) is 0 Å². The molecule has 4 heteroatoms. The summed E-state index contributed by atoms with van der Waals surface area (Å²) in [7, 11) is 1.69. The molecule has 0 saturated heterocycles. The Balaban J connectivity index is 2.53.